The van der Waals surface area contributed by atoms with Crippen molar-refractivity contribution in [2.45, 2.75) is 52.5 Å². The van der Waals surface area contributed by atoms with Gasteiger partial charge in [-0.15, -0.1) is 0 Å². The van der Waals surface area contributed by atoms with Crippen molar-refractivity contribution in [1.29, 1.82) is 0 Å². The number of unbranched alkanes of at least 4 members (excludes halogenated alkanes) is 4. The second kappa shape index (κ2) is 10.1. The van der Waals surface area contributed by atoms with Crippen LogP contribution in [0.4, 0.5) is 0 Å². The molecule has 3 heteroatoms. The minimum absolute atomic E-state index is 0.712. The van der Waals surface area contributed by atoms with Gasteiger partial charge >= 0.3 is 0 Å². The van der Waals surface area contributed by atoms with E-state index in [0.29, 0.717) is 5.02 Å². The van der Waals surface area contributed by atoms with E-state index >= 15 is 0 Å². The summed E-state index contributed by atoms with van der Waals surface area (Å²) in [5.41, 5.74) is 1.20. The van der Waals surface area contributed by atoms with Crippen molar-refractivity contribution < 1.29 is 4.74 Å². The van der Waals surface area contributed by atoms with Crippen LogP contribution in [-0.2, 0) is 6.54 Å². The highest BCUT2D eigenvalue weighted by Crippen LogP contribution is 2.25. The summed E-state index contributed by atoms with van der Waals surface area (Å²) < 4.78 is 5.72. The van der Waals surface area contributed by atoms with E-state index in [-0.39, 0.29) is 0 Å². The molecule has 2 nitrogen and oxygen atoms in total. The molecule has 0 saturated heterocycles. The van der Waals surface area contributed by atoms with E-state index in [2.05, 4.69) is 25.2 Å². The van der Waals surface area contributed by atoms with Crippen molar-refractivity contribution in [3.63, 3.8) is 0 Å². The maximum Gasteiger partial charge on any atom is 0.137 e. The summed E-state index contributed by atoms with van der Waals surface area (Å²) in [6.45, 7) is 6.90. The largest absolute Gasteiger partial charge is 0.492 e. The van der Waals surface area contributed by atoms with Gasteiger partial charge < -0.3 is 10.1 Å². The Kier molecular flexibility index (Phi) is 8.68. The third kappa shape index (κ3) is 6.84. The first-order valence-electron chi connectivity index (χ1n) is 7.39. The molecule has 108 valence electrons. The Balaban J connectivity index is 2.29. The summed E-state index contributed by atoms with van der Waals surface area (Å²) in [6.07, 6.45) is 6.24. The third-order valence-corrected chi connectivity index (χ3v) is 3.38. The van der Waals surface area contributed by atoms with Crippen LogP contribution in [-0.4, -0.2) is 13.2 Å². The van der Waals surface area contributed by atoms with Gasteiger partial charge in [0.25, 0.3) is 0 Å². The van der Waals surface area contributed by atoms with Gasteiger partial charge in [-0.2, -0.15) is 0 Å². The third-order valence-electron chi connectivity index (χ3n) is 3.08. The zero-order valence-corrected chi connectivity index (χ0v) is 12.9. The molecule has 0 radical (unpaired) electrons. The van der Waals surface area contributed by atoms with Crippen LogP contribution in [0.5, 0.6) is 5.75 Å². The van der Waals surface area contributed by atoms with Crippen LogP contribution in [0.15, 0.2) is 18.2 Å². The molecule has 19 heavy (non-hydrogen) atoms. The molecule has 0 saturated carbocycles. The Hall–Kier alpha value is -0.730. The van der Waals surface area contributed by atoms with Gasteiger partial charge in [0.1, 0.15) is 5.75 Å². The average molecular weight is 284 g/mol. The van der Waals surface area contributed by atoms with Gasteiger partial charge in [-0.1, -0.05) is 57.2 Å². The normalized spacial score (nSPS) is 10.7. The lowest BCUT2D eigenvalue weighted by molar-refractivity contribution is 0.304. The highest BCUT2D eigenvalue weighted by atomic mass is 35.5. The molecule has 0 aliphatic heterocycles. The average Bonchev–Trinajstić information content (AvgIpc) is 2.42. The molecule has 1 aromatic carbocycles. The highest BCUT2D eigenvalue weighted by molar-refractivity contribution is 6.32. The molecule has 0 aliphatic rings. The van der Waals surface area contributed by atoms with E-state index < -0.39 is 0 Å². The fraction of sp³-hybridized carbons (Fsp3) is 0.625. The molecule has 0 aromatic heterocycles. The van der Waals surface area contributed by atoms with Crippen molar-refractivity contribution in [2.75, 3.05) is 13.2 Å². The van der Waals surface area contributed by atoms with E-state index in [9.17, 15) is 0 Å². The molecule has 0 unspecified atom stereocenters. The second-order valence-electron chi connectivity index (χ2n) is 4.81. The number of benzene rings is 1. The molecular weight excluding hydrogens is 258 g/mol. The summed E-state index contributed by atoms with van der Waals surface area (Å²) in [4.78, 5) is 0. The molecule has 1 rings (SSSR count). The lowest BCUT2D eigenvalue weighted by Gasteiger charge is -2.10. The lowest BCUT2D eigenvalue weighted by Crippen LogP contribution is -2.11. The van der Waals surface area contributed by atoms with Gasteiger partial charge in [0, 0.05) is 6.54 Å². The molecule has 0 spiro atoms. The maximum absolute atomic E-state index is 6.22. The van der Waals surface area contributed by atoms with Crippen LogP contribution in [0.1, 0.15) is 51.5 Å². The number of ether oxygens (including phenoxy) is 1. The molecule has 0 atom stereocenters. The van der Waals surface area contributed by atoms with E-state index in [1.807, 2.05) is 12.1 Å². The highest BCUT2D eigenvalue weighted by Gasteiger charge is 2.03. The SMILES string of the molecule is CCCCCCCOc1ccc(CNCC)cc1Cl. The van der Waals surface area contributed by atoms with Crippen LogP contribution in [0.3, 0.4) is 0 Å². The van der Waals surface area contributed by atoms with Crippen LogP contribution in [0.2, 0.25) is 5.02 Å². The zero-order valence-electron chi connectivity index (χ0n) is 12.2. The van der Waals surface area contributed by atoms with Crippen molar-refractivity contribution >= 4 is 11.6 Å². The van der Waals surface area contributed by atoms with Gasteiger partial charge in [-0.05, 0) is 30.7 Å². The summed E-state index contributed by atoms with van der Waals surface area (Å²) in [7, 11) is 0. The summed E-state index contributed by atoms with van der Waals surface area (Å²) >= 11 is 6.22. The first kappa shape index (κ1) is 16.3. The van der Waals surface area contributed by atoms with Gasteiger partial charge in [0.05, 0.1) is 11.6 Å². The Morgan fingerprint density at radius 2 is 1.89 bits per heavy atom. The Morgan fingerprint density at radius 1 is 1.11 bits per heavy atom. The predicted octanol–water partition coefficient (Wildman–Crippen LogP) is 4.80. The number of rotatable bonds is 10. The fourth-order valence-electron chi connectivity index (χ4n) is 1.93. The number of hydrogen-bond acceptors (Lipinski definition) is 2. The Bertz CT molecular complexity index is 355. The van der Waals surface area contributed by atoms with E-state index in [1.54, 1.807) is 0 Å². The summed E-state index contributed by atoms with van der Waals surface area (Å²) in [6, 6.07) is 6.03. The zero-order chi connectivity index (χ0) is 13.9. The number of halogens is 1. The molecule has 0 heterocycles. The molecular formula is C16H26ClNO. The monoisotopic (exact) mass is 283 g/mol. The smallest absolute Gasteiger partial charge is 0.137 e. The van der Waals surface area contributed by atoms with Crippen molar-refractivity contribution in [3.05, 3.63) is 28.8 Å². The van der Waals surface area contributed by atoms with Crippen molar-refractivity contribution in [2.24, 2.45) is 0 Å². The van der Waals surface area contributed by atoms with E-state index in [1.165, 1.54) is 31.2 Å². The topological polar surface area (TPSA) is 21.3 Å². The van der Waals surface area contributed by atoms with Gasteiger partial charge in [-0.3, -0.25) is 0 Å². The molecule has 0 fully saturated rings. The van der Waals surface area contributed by atoms with Crippen LogP contribution < -0.4 is 10.1 Å². The fourth-order valence-corrected chi connectivity index (χ4v) is 2.19. The van der Waals surface area contributed by atoms with Gasteiger partial charge in [-0.25, -0.2) is 0 Å². The molecule has 0 amide bonds. The Morgan fingerprint density at radius 3 is 2.58 bits per heavy atom. The lowest BCUT2D eigenvalue weighted by atomic mass is 10.2. The Labute approximate surface area is 122 Å². The van der Waals surface area contributed by atoms with E-state index in [0.717, 1.165) is 31.9 Å². The minimum atomic E-state index is 0.712. The number of nitrogens with one attached hydrogen (secondary N) is 1. The summed E-state index contributed by atoms with van der Waals surface area (Å²) in [5.74, 6) is 0.803. The molecule has 1 N–H and O–H groups in total. The van der Waals surface area contributed by atoms with Gasteiger partial charge in [0.15, 0.2) is 0 Å². The van der Waals surface area contributed by atoms with E-state index in [4.69, 9.17) is 16.3 Å². The molecule has 0 aliphatic carbocycles. The number of hydrogen-bond donors (Lipinski definition) is 1. The van der Waals surface area contributed by atoms with Crippen LogP contribution in [0, 0.1) is 0 Å². The summed E-state index contributed by atoms with van der Waals surface area (Å²) in [5, 5.41) is 4.00. The minimum Gasteiger partial charge on any atom is -0.492 e. The van der Waals surface area contributed by atoms with Crippen molar-refractivity contribution in [1.82, 2.24) is 5.32 Å². The van der Waals surface area contributed by atoms with Gasteiger partial charge in [0.2, 0.25) is 0 Å². The van der Waals surface area contributed by atoms with Crippen molar-refractivity contribution in [3.8, 4) is 5.75 Å². The quantitative estimate of drug-likeness (QED) is 0.623. The first-order chi connectivity index (χ1) is 9.27. The van der Waals surface area contributed by atoms with Crippen LogP contribution in [0.25, 0.3) is 0 Å². The predicted molar refractivity (Wildman–Crippen MR) is 83.1 cm³/mol. The maximum atomic E-state index is 6.22. The second-order valence-corrected chi connectivity index (χ2v) is 5.21. The first-order valence-corrected chi connectivity index (χ1v) is 7.77. The molecule has 1 aromatic rings. The molecule has 0 bridgehead atoms. The standard InChI is InChI=1S/C16H26ClNO/c1-3-5-6-7-8-11-19-16-10-9-14(12-15(16)17)13-18-4-2/h9-10,12,18H,3-8,11,13H2,1-2H3. The van der Waals surface area contributed by atoms with Crippen LogP contribution >= 0.6 is 11.6 Å².